The van der Waals surface area contributed by atoms with Crippen LogP contribution >= 0.6 is 0 Å². The van der Waals surface area contributed by atoms with Crippen molar-refractivity contribution < 1.29 is 14.3 Å². The quantitative estimate of drug-likeness (QED) is 0.323. The molecule has 0 spiro atoms. The standard InChI is InChI=1S/C17H30O3/c1-19-16(18)11-9-7-5-3-2-4-6-8-10-14-12-13-15-17(14)20-15/h14-15,17H,2-13H2,1H3/t14-,15-,17-/m1/s1. The molecule has 1 aliphatic carbocycles. The minimum atomic E-state index is -0.0706. The second kappa shape index (κ2) is 8.66. The van der Waals surface area contributed by atoms with Crippen molar-refractivity contribution in [3.63, 3.8) is 0 Å². The summed E-state index contributed by atoms with van der Waals surface area (Å²) in [5.74, 6) is 0.817. The van der Waals surface area contributed by atoms with Gasteiger partial charge >= 0.3 is 5.97 Å². The summed E-state index contributed by atoms with van der Waals surface area (Å²) in [5, 5.41) is 0. The van der Waals surface area contributed by atoms with E-state index in [1.165, 1.54) is 64.9 Å². The molecule has 2 rings (SSSR count). The van der Waals surface area contributed by atoms with Crippen molar-refractivity contribution >= 4 is 5.97 Å². The Morgan fingerprint density at radius 3 is 2.20 bits per heavy atom. The molecule has 2 aliphatic rings. The Morgan fingerprint density at radius 2 is 1.65 bits per heavy atom. The van der Waals surface area contributed by atoms with Crippen LogP contribution in [-0.2, 0) is 14.3 Å². The number of unbranched alkanes of at least 4 members (excludes halogenated alkanes) is 7. The molecular formula is C17H30O3. The van der Waals surface area contributed by atoms with Gasteiger partial charge in [-0.1, -0.05) is 44.9 Å². The first-order valence-corrected chi connectivity index (χ1v) is 8.53. The average Bonchev–Trinajstić information content (AvgIpc) is 3.14. The van der Waals surface area contributed by atoms with Crippen molar-refractivity contribution in [1.29, 1.82) is 0 Å². The van der Waals surface area contributed by atoms with E-state index in [0.29, 0.717) is 18.6 Å². The third-order valence-corrected chi connectivity index (χ3v) is 4.84. The Hall–Kier alpha value is -0.570. The molecule has 3 nitrogen and oxygen atoms in total. The van der Waals surface area contributed by atoms with Gasteiger partial charge in [0.15, 0.2) is 0 Å². The Bertz CT molecular complexity index is 290. The summed E-state index contributed by atoms with van der Waals surface area (Å²) in [6.07, 6.45) is 16.2. The number of hydrogen-bond acceptors (Lipinski definition) is 3. The van der Waals surface area contributed by atoms with Crippen molar-refractivity contribution in [2.45, 2.75) is 89.3 Å². The summed E-state index contributed by atoms with van der Waals surface area (Å²) in [6.45, 7) is 0. The maximum atomic E-state index is 10.9. The highest BCUT2D eigenvalue weighted by atomic mass is 16.6. The van der Waals surface area contributed by atoms with Gasteiger partial charge in [0.1, 0.15) is 0 Å². The second-order valence-corrected chi connectivity index (χ2v) is 6.42. The van der Waals surface area contributed by atoms with Gasteiger partial charge in [0.05, 0.1) is 19.3 Å². The molecule has 0 aromatic carbocycles. The lowest BCUT2D eigenvalue weighted by Gasteiger charge is -2.09. The fourth-order valence-corrected chi connectivity index (χ4v) is 3.49. The normalized spacial score (nSPS) is 27.4. The van der Waals surface area contributed by atoms with Crippen molar-refractivity contribution in [2.75, 3.05) is 7.11 Å². The van der Waals surface area contributed by atoms with Gasteiger partial charge in [-0.15, -0.1) is 0 Å². The summed E-state index contributed by atoms with van der Waals surface area (Å²) < 4.78 is 10.2. The number of hydrogen-bond donors (Lipinski definition) is 0. The van der Waals surface area contributed by atoms with Gasteiger partial charge in [-0.25, -0.2) is 0 Å². The molecular weight excluding hydrogens is 252 g/mol. The van der Waals surface area contributed by atoms with Crippen molar-refractivity contribution in [3.8, 4) is 0 Å². The lowest BCUT2D eigenvalue weighted by atomic mass is 9.98. The van der Waals surface area contributed by atoms with E-state index in [2.05, 4.69) is 4.74 Å². The molecule has 0 unspecified atom stereocenters. The summed E-state index contributed by atoms with van der Waals surface area (Å²) in [4.78, 5) is 10.9. The van der Waals surface area contributed by atoms with Crippen LogP contribution in [0.4, 0.5) is 0 Å². The average molecular weight is 282 g/mol. The van der Waals surface area contributed by atoms with Gasteiger partial charge in [0.25, 0.3) is 0 Å². The van der Waals surface area contributed by atoms with E-state index in [1.807, 2.05) is 0 Å². The highest BCUT2D eigenvalue weighted by Crippen LogP contribution is 2.45. The molecule has 0 radical (unpaired) electrons. The molecule has 3 heteroatoms. The zero-order valence-corrected chi connectivity index (χ0v) is 12.9. The van der Waals surface area contributed by atoms with E-state index in [-0.39, 0.29) is 5.97 Å². The first-order chi connectivity index (χ1) is 9.81. The summed E-state index contributed by atoms with van der Waals surface area (Å²) in [7, 11) is 1.46. The molecule has 1 aliphatic heterocycles. The molecule has 1 heterocycles. The Morgan fingerprint density at radius 1 is 1.00 bits per heavy atom. The molecule has 3 atom stereocenters. The fraction of sp³-hybridized carbons (Fsp3) is 0.941. The van der Waals surface area contributed by atoms with E-state index in [0.717, 1.165) is 18.8 Å². The van der Waals surface area contributed by atoms with Crippen molar-refractivity contribution in [2.24, 2.45) is 5.92 Å². The van der Waals surface area contributed by atoms with Crippen LogP contribution in [0.25, 0.3) is 0 Å². The number of rotatable bonds is 11. The van der Waals surface area contributed by atoms with Gasteiger partial charge in [-0.05, 0) is 31.6 Å². The Balaban J connectivity index is 1.29. The Kier molecular flexibility index (Phi) is 6.85. The molecule has 20 heavy (non-hydrogen) atoms. The van der Waals surface area contributed by atoms with Crippen LogP contribution in [-0.4, -0.2) is 25.3 Å². The molecule has 0 aromatic heterocycles. The fourth-order valence-electron chi connectivity index (χ4n) is 3.49. The SMILES string of the molecule is COC(=O)CCCCCCCCCC[C@@H]1CC[C@H]2O[C@H]12. The maximum absolute atomic E-state index is 10.9. The topological polar surface area (TPSA) is 38.8 Å². The van der Waals surface area contributed by atoms with Crippen molar-refractivity contribution in [3.05, 3.63) is 0 Å². The van der Waals surface area contributed by atoms with Crippen LogP contribution in [0.5, 0.6) is 0 Å². The maximum Gasteiger partial charge on any atom is 0.305 e. The minimum absolute atomic E-state index is 0.0706. The number of esters is 1. The lowest BCUT2D eigenvalue weighted by molar-refractivity contribution is -0.140. The number of ether oxygens (including phenoxy) is 2. The highest BCUT2D eigenvalue weighted by molar-refractivity contribution is 5.68. The van der Waals surface area contributed by atoms with Crippen LogP contribution in [0.1, 0.15) is 77.0 Å². The first-order valence-electron chi connectivity index (χ1n) is 8.53. The molecule has 1 saturated carbocycles. The second-order valence-electron chi connectivity index (χ2n) is 6.42. The lowest BCUT2D eigenvalue weighted by Crippen LogP contribution is -2.03. The highest BCUT2D eigenvalue weighted by Gasteiger charge is 2.49. The van der Waals surface area contributed by atoms with Crippen LogP contribution in [0.3, 0.4) is 0 Å². The number of fused-ring (bicyclic) bond motifs is 1. The van der Waals surface area contributed by atoms with E-state index in [4.69, 9.17) is 4.74 Å². The Labute approximate surface area is 123 Å². The molecule has 0 amide bonds. The van der Waals surface area contributed by atoms with Gasteiger partial charge < -0.3 is 9.47 Å². The summed E-state index contributed by atoms with van der Waals surface area (Å²) >= 11 is 0. The van der Waals surface area contributed by atoms with Gasteiger partial charge in [-0.2, -0.15) is 0 Å². The number of methoxy groups -OCH3 is 1. The van der Waals surface area contributed by atoms with Crippen molar-refractivity contribution in [1.82, 2.24) is 0 Å². The van der Waals surface area contributed by atoms with Gasteiger partial charge in [0.2, 0.25) is 0 Å². The molecule has 0 N–H and O–H groups in total. The van der Waals surface area contributed by atoms with Crippen LogP contribution < -0.4 is 0 Å². The predicted octanol–water partition coefficient (Wildman–Crippen LogP) is 4.24. The number of carbonyl (C=O) groups is 1. The summed E-state index contributed by atoms with van der Waals surface area (Å²) in [5.41, 5.74) is 0. The van der Waals surface area contributed by atoms with Crippen LogP contribution in [0.15, 0.2) is 0 Å². The molecule has 2 fully saturated rings. The zero-order valence-electron chi connectivity index (χ0n) is 12.9. The first kappa shape index (κ1) is 15.8. The summed E-state index contributed by atoms with van der Waals surface area (Å²) in [6, 6.07) is 0. The van der Waals surface area contributed by atoms with Crippen LogP contribution in [0.2, 0.25) is 0 Å². The smallest absolute Gasteiger partial charge is 0.305 e. The monoisotopic (exact) mass is 282 g/mol. The third-order valence-electron chi connectivity index (χ3n) is 4.84. The van der Waals surface area contributed by atoms with E-state index < -0.39 is 0 Å². The van der Waals surface area contributed by atoms with E-state index >= 15 is 0 Å². The minimum Gasteiger partial charge on any atom is -0.469 e. The molecule has 0 bridgehead atoms. The van der Waals surface area contributed by atoms with Crippen LogP contribution in [0, 0.1) is 5.92 Å². The van der Waals surface area contributed by atoms with E-state index in [9.17, 15) is 4.79 Å². The van der Waals surface area contributed by atoms with Gasteiger partial charge in [-0.3, -0.25) is 4.79 Å². The molecule has 0 aromatic rings. The number of epoxide rings is 1. The molecule has 116 valence electrons. The molecule has 1 saturated heterocycles. The third kappa shape index (κ3) is 5.43. The predicted molar refractivity (Wildman–Crippen MR) is 79.6 cm³/mol. The number of carbonyl (C=O) groups excluding carboxylic acids is 1. The zero-order chi connectivity index (χ0) is 14.2. The largest absolute Gasteiger partial charge is 0.469 e. The van der Waals surface area contributed by atoms with E-state index in [1.54, 1.807) is 0 Å². The van der Waals surface area contributed by atoms with Gasteiger partial charge in [0, 0.05) is 6.42 Å².